The first-order valence-electron chi connectivity index (χ1n) is 8.07. The van der Waals surface area contributed by atoms with Crippen LogP contribution in [0.5, 0.6) is 0 Å². The number of aliphatic hydroxyl groups is 3. The molecule has 2 aliphatic heterocycles. The number of nitrogens with zero attached hydrogens (tertiary/aromatic N) is 1. The molecule has 0 saturated carbocycles. The highest BCUT2D eigenvalue weighted by molar-refractivity contribution is 5.82. The number of hydroxylamine groups is 3. The lowest BCUT2D eigenvalue weighted by molar-refractivity contribution is -0.877. The Morgan fingerprint density at radius 1 is 1.50 bits per heavy atom. The molecule has 0 amide bonds. The standard InChI is InChI=1S/C16H27NO7/c1-10(23-4)16(21,15(2,3)20)14(19)24-9-11-5-7-17(22)8-6-12(18)13(11)17/h5,10,12-13,18,20-21H,6-9H2,1-4H3/t10-,12-,13+,16?,17?/m0/s1. The molecule has 2 aliphatic rings. The van der Waals surface area contributed by atoms with Crippen LogP contribution >= 0.6 is 0 Å². The largest absolute Gasteiger partial charge is 0.632 e. The van der Waals surface area contributed by atoms with Crippen LogP contribution in [0.1, 0.15) is 27.2 Å². The van der Waals surface area contributed by atoms with Crippen molar-refractivity contribution in [2.24, 2.45) is 0 Å². The van der Waals surface area contributed by atoms with Gasteiger partial charge in [-0.3, -0.25) is 0 Å². The molecule has 0 aromatic carbocycles. The number of esters is 1. The number of carbonyl (C=O) groups is 1. The van der Waals surface area contributed by atoms with Crippen molar-refractivity contribution >= 4 is 5.97 Å². The quantitative estimate of drug-likeness (QED) is 0.256. The first-order chi connectivity index (χ1) is 11.0. The molecule has 2 heterocycles. The van der Waals surface area contributed by atoms with Gasteiger partial charge in [0.25, 0.3) is 0 Å². The fourth-order valence-electron chi connectivity index (χ4n) is 3.59. The predicted molar refractivity (Wildman–Crippen MR) is 84.5 cm³/mol. The zero-order valence-corrected chi connectivity index (χ0v) is 14.6. The molecule has 0 spiro atoms. The molecule has 138 valence electrons. The average molecular weight is 345 g/mol. The fourth-order valence-corrected chi connectivity index (χ4v) is 3.59. The zero-order valence-electron chi connectivity index (χ0n) is 14.6. The average Bonchev–Trinajstić information content (AvgIpc) is 2.98. The maximum atomic E-state index is 12.5. The molecule has 0 aromatic heterocycles. The lowest BCUT2D eigenvalue weighted by atomic mass is 9.81. The van der Waals surface area contributed by atoms with Crippen LogP contribution in [0.25, 0.3) is 0 Å². The first kappa shape index (κ1) is 19.3. The number of quaternary nitrogens is 1. The van der Waals surface area contributed by atoms with Gasteiger partial charge in [-0.1, -0.05) is 0 Å². The maximum absolute atomic E-state index is 12.5. The van der Waals surface area contributed by atoms with Gasteiger partial charge in [0.05, 0.1) is 19.2 Å². The molecule has 0 aromatic rings. The minimum Gasteiger partial charge on any atom is -0.632 e. The van der Waals surface area contributed by atoms with Gasteiger partial charge in [0.15, 0.2) is 0 Å². The van der Waals surface area contributed by atoms with E-state index in [4.69, 9.17) is 9.47 Å². The lowest BCUT2D eigenvalue weighted by Gasteiger charge is -2.41. The summed E-state index contributed by atoms with van der Waals surface area (Å²) in [7, 11) is 1.31. The first-order valence-corrected chi connectivity index (χ1v) is 8.07. The summed E-state index contributed by atoms with van der Waals surface area (Å²) in [6.07, 6.45) is 0.319. The highest BCUT2D eigenvalue weighted by atomic mass is 16.6. The number of carbonyl (C=O) groups excluding carboxylic acids is 1. The number of hydrogen-bond acceptors (Lipinski definition) is 7. The molecule has 8 nitrogen and oxygen atoms in total. The highest BCUT2D eigenvalue weighted by Gasteiger charge is 2.55. The number of hydrogen-bond donors (Lipinski definition) is 3. The zero-order chi connectivity index (χ0) is 18.3. The number of aliphatic hydroxyl groups excluding tert-OH is 1. The number of ether oxygens (including phenoxy) is 2. The van der Waals surface area contributed by atoms with E-state index in [2.05, 4.69) is 0 Å². The van der Waals surface area contributed by atoms with Gasteiger partial charge in [-0.05, 0) is 26.8 Å². The van der Waals surface area contributed by atoms with E-state index in [1.807, 2.05) is 0 Å². The van der Waals surface area contributed by atoms with Gasteiger partial charge in [-0.25, -0.2) is 4.79 Å². The molecule has 1 saturated heterocycles. The Kier molecular flexibility index (Phi) is 5.11. The molecule has 24 heavy (non-hydrogen) atoms. The van der Waals surface area contributed by atoms with Crippen molar-refractivity contribution < 1.29 is 34.2 Å². The van der Waals surface area contributed by atoms with Crippen LogP contribution in [-0.2, 0) is 14.3 Å². The van der Waals surface area contributed by atoms with Gasteiger partial charge in [-0.2, -0.15) is 0 Å². The molecular formula is C16H27NO7. The predicted octanol–water partition coefficient (Wildman–Crippen LogP) is -0.546. The van der Waals surface area contributed by atoms with Crippen molar-refractivity contribution in [2.45, 2.75) is 56.6 Å². The Bertz CT molecular complexity index is 529. The smallest absolute Gasteiger partial charge is 0.344 e. The van der Waals surface area contributed by atoms with Crippen LogP contribution < -0.4 is 0 Å². The number of methoxy groups -OCH3 is 1. The Hall–Kier alpha value is -1.03. The topological polar surface area (TPSA) is 119 Å². The summed E-state index contributed by atoms with van der Waals surface area (Å²) in [6, 6.07) is -0.632. The van der Waals surface area contributed by atoms with E-state index in [9.17, 15) is 25.3 Å². The van der Waals surface area contributed by atoms with Crippen molar-refractivity contribution in [3.05, 3.63) is 16.9 Å². The number of fused-ring (bicyclic) bond motifs is 1. The van der Waals surface area contributed by atoms with Gasteiger partial charge in [-0.15, -0.1) is 0 Å². The summed E-state index contributed by atoms with van der Waals surface area (Å²) in [5.41, 5.74) is -3.51. The molecule has 3 N–H and O–H groups in total. The molecule has 1 fully saturated rings. The molecule has 5 atom stereocenters. The molecule has 2 unspecified atom stereocenters. The van der Waals surface area contributed by atoms with Gasteiger partial charge in [0.1, 0.15) is 24.4 Å². The molecule has 0 bridgehead atoms. The van der Waals surface area contributed by atoms with Crippen molar-refractivity contribution in [3.8, 4) is 0 Å². The Balaban J connectivity index is 2.10. The second-order valence-corrected chi connectivity index (χ2v) is 7.22. The third-order valence-electron chi connectivity index (χ3n) is 5.27. The van der Waals surface area contributed by atoms with Crippen LogP contribution in [0.4, 0.5) is 0 Å². The Labute approximate surface area is 141 Å². The summed E-state index contributed by atoms with van der Waals surface area (Å²) in [5, 5.41) is 43.4. The molecular weight excluding hydrogens is 318 g/mol. The van der Waals surface area contributed by atoms with Gasteiger partial charge < -0.3 is 34.6 Å². The van der Waals surface area contributed by atoms with E-state index in [-0.39, 0.29) is 13.2 Å². The van der Waals surface area contributed by atoms with Crippen LogP contribution in [-0.4, -0.2) is 82.2 Å². The normalized spacial score (nSPS) is 33.6. The minimum absolute atomic E-state index is 0.211. The van der Waals surface area contributed by atoms with Gasteiger partial charge in [0.2, 0.25) is 5.60 Å². The van der Waals surface area contributed by atoms with Crippen molar-refractivity contribution in [1.82, 2.24) is 0 Å². The number of rotatable bonds is 6. The van der Waals surface area contributed by atoms with Crippen molar-refractivity contribution in [3.63, 3.8) is 0 Å². The van der Waals surface area contributed by atoms with E-state index < -0.39 is 40.1 Å². The summed E-state index contributed by atoms with van der Waals surface area (Å²) < 4.78 is 9.67. The van der Waals surface area contributed by atoms with E-state index in [1.54, 1.807) is 6.08 Å². The summed E-state index contributed by atoms with van der Waals surface area (Å²) >= 11 is 0. The summed E-state index contributed by atoms with van der Waals surface area (Å²) in [5.74, 6) is -1.03. The van der Waals surface area contributed by atoms with Gasteiger partial charge >= 0.3 is 5.97 Å². The van der Waals surface area contributed by atoms with E-state index in [0.29, 0.717) is 18.5 Å². The highest BCUT2D eigenvalue weighted by Crippen LogP contribution is 2.36. The second-order valence-electron chi connectivity index (χ2n) is 7.22. The molecule has 8 heteroatoms. The van der Waals surface area contributed by atoms with E-state index in [1.165, 1.54) is 27.9 Å². The Morgan fingerprint density at radius 3 is 2.67 bits per heavy atom. The maximum Gasteiger partial charge on any atom is 0.344 e. The fraction of sp³-hybridized carbons (Fsp3) is 0.812. The molecule has 0 radical (unpaired) electrons. The SMILES string of the molecule is CO[C@@H](C)C(O)(C(=O)OCC1=CC[N+]2([O-])CC[C@H](O)[C@@H]12)C(C)(C)O. The van der Waals surface area contributed by atoms with Crippen molar-refractivity contribution in [1.29, 1.82) is 0 Å². The monoisotopic (exact) mass is 345 g/mol. The summed E-state index contributed by atoms with van der Waals surface area (Å²) in [4.78, 5) is 12.4. The third-order valence-corrected chi connectivity index (χ3v) is 5.27. The van der Waals surface area contributed by atoms with E-state index >= 15 is 0 Å². The molecule has 2 rings (SSSR count). The molecule has 0 aliphatic carbocycles. The van der Waals surface area contributed by atoms with Crippen LogP contribution in [0.3, 0.4) is 0 Å². The van der Waals surface area contributed by atoms with Crippen LogP contribution in [0.2, 0.25) is 0 Å². The van der Waals surface area contributed by atoms with Crippen LogP contribution in [0.15, 0.2) is 11.6 Å². The Morgan fingerprint density at radius 2 is 2.12 bits per heavy atom. The van der Waals surface area contributed by atoms with Crippen molar-refractivity contribution in [2.75, 3.05) is 26.8 Å². The minimum atomic E-state index is -2.27. The van der Waals surface area contributed by atoms with Crippen LogP contribution in [0, 0.1) is 5.21 Å². The second kappa shape index (κ2) is 6.36. The summed E-state index contributed by atoms with van der Waals surface area (Å²) in [6.45, 7) is 4.39. The van der Waals surface area contributed by atoms with E-state index in [0.717, 1.165) is 0 Å². The van der Waals surface area contributed by atoms with Gasteiger partial charge in [0, 0.05) is 19.1 Å². The third kappa shape index (κ3) is 2.98. The lowest BCUT2D eigenvalue weighted by Crippen LogP contribution is -2.63.